The molecule has 0 fully saturated rings. The standard InChI is InChI=1S/C19H19N3O5/c1-25-16-4-2-3-12-9-14(19(24)27-17(12)16)18(23)20-6-7-22-15-5-8-26-11-13(15)10-21-22/h2-4,9-10H,5-8,11H2,1H3,(H,20,23). The fourth-order valence-corrected chi connectivity index (χ4v) is 3.21. The van der Waals surface area contributed by atoms with Crippen LogP contribution in [0.2, 0.25) is 0 Å². The number of rotatable bonds is 5. The van der Waals surface area contributed by atoms with Crippen molar-refractivity contribution in [3.8, 4) is 5.75 Å². The van der Waals surface area contributed by atoms with Crippen molar-refractivity contribution in [3.05, 3.63) is 57.7 Å². The average Bonchev–Trinajstić information content (AvgIpc) is 3.10. The summed E-state index contributed by atoms with van der Waals surface area (Å²) in [6.45, 7) is 2.12. The SMILES string of the molecule is COc1cccc2cc(C(=O)NCCn3ncc4c3CCOC4)c(=O)oc12. The molecule has 0 aliphatic carbocycles. The summed E-state index contributed by atoms with van der Waals surface area (Å²) < 4.78 is 17.7. The number of aromatic nitrogens is 2. The van der Waals surface area contributed by atoms with Crippen LogP contribution < -0.4 is 15.7 Å². The Morgan fingerprint density at radius 3 is 3.15 bits per heavy atom. The molecule has 140 valence electrons. The van der Waals surface area contributed by atoms with E-state index >= 15 is 0 Å². The zero-order valence-electron chi connectivity index (χ0n) is 14.9. The van der Waals surface area contributed by atoms with Gasteiger partial charge in [-0.3, -0.25) is 9.48 Å². The van der Waals surface area contributed by atoms with E-state index in [1.54, 1.807) is 24.4 Å². The van der Waals surface area contributed by atoms with Crippen molar-refractivity contribution in [3.63, 3.8) is 0 Å². The Balaban J connectivity index is 1.48. The predicted molar refractivity (Wildman–Crippen MR) is 97.0 cm³/mol. The van der Waals surface area contributed by atoms with Crippen LogP contribution in [0.15, 0.2) is 39.7 Å². The summed E-state index contributed by atoms with van der Waals surface area (Å²) in [5, 5.41) is 7.72. The first-order valence-corrected chi connectivity index (χ1v) is 8.67. The van der Waals surface area contributed by atoms with Gasteiger partial charge in [0.15, 0.2) is 11.3 Å². The molecule has 3 heterocycles. The lowest BCUT2D eigenvalue weighted by Gasteiger charge is -2.14. The van der Waals surface area contributed by atoms with E-state index in [0.717, 1.165) is 17.7 Å². The molecule has 1 aliphatic rings. The molecule has 8 nitrogen and oxygen atoms in total. The van der Waals surface area contributed by atoms with Crippen molar-refractivity contribution in [1.29, 1.82) is 0 Å². The highest BCUT2D eigenvalue weighted by Crippen LogP contribution is 2.24. The maximum absolute atomic E-state index is 12.4. The van der Waals surface area contributed by atoms with Crippen LogP contribution in [0.3, 0.4) is 0 Å². The highest BCUT2D eigenvalue weighted by Gasteiger charge is 2.17. The Morgan fingerprint density at radius 1 is 1.41 bits per heavy atom. The average molecular weight is 369 g/mol. The summed E-state index contributed by atoms with van der Waals surface area (Å²) in [4.78, 5) is 24.6. The molecule has 1 N–H and O–H groups in total. The van der Waals surface area contributed by atoms with Crippen LogP contribution in [-0.2, 0) is 24.3 Å². The van der Waals surface area contributed by atoms with Crippen LogP contribution >= 0.6 is 0 Å². The lowest BCUT2D eigenvalue weighted by molar-refractivity contribution is 0.0946. The first-order chi connectivity index (χ1) is 13.2. The summed E-state index contributed by atoms with van der Waals surface area (Å²) in [5.41, 5.74) is 1.81. The van der Waals surface area contributed by atoms with E-state index in [2.05, 4.69) is 10.4 Å². The number of amides is 1. The molecule has 0 unspecified atom stereocenters. The number of nitrogens with one attached hydrogen (secondary N) is 1. The minimum atomic E-state index is -0.696. The Bertz CT molecular complexity index is 1050. The first kappa shape index (κ1) is 17.3. The second kappa shape index (κ2) is 7.24. The monoisotopic (exact) mass is 369 g/mol. The molecule has 2 aromatic heterocycles. The highest BCUT2D eigenvalue weighted by atomic mass is 16.5. The van der Waals surface area contributed by atoms with Gasteiger partial charge in [0.1, 0.15) is 5.56 Å². The summed E-state index contributed by atoms with van der Waals surface area (Å²) in [7, 11) is 1.50. The normalized spacial score (nSPS) is 13.4. The van der Waals surface area contributed by atoms with Gasteiger partial charge in [-0.1, -0.05) is 12.1 Å². The smallest absolute Gasteiger partial charge is 0.349 e. The van der Waals surface area contributed by atoms with Gasteiger partial charge in [0, 0.05) is 29.6 Å². The summed E-state index contributed by atoms with van der Waals surface area (Å²) in [5.74, 6) is -0.0261. The number of para-hydroxylation sites is 1. The number of hydrogen-bond donors (Lipinski definition) is 1. The molecule has 3 aromatic rings. The molecule has 0 spiro atoms. The van der Waals surface area contributed by atoms with Gasteiger partial charge in [0.25, 0.3) is 5.91 Å². The van der Waals surface area contributed by atoms with Crippen molar-refractivity contribution in [2.45, 2.75) is 19.6 Å². The largest absolute Gasteiger partial charge is 0.493 e. The molecule has 27 heavy (non-hydrogen) atoms. The number of carbonyl (C=O) groups excluding carboxylic acids is 1. The van der Waals surface area contributed by atoms with Crippen LogP contribution in [0, 0.1) is 0 Å². The maximum atomic E-state index is 12.4. The number of carbonyl (C=O) groups is 1. The lowest BCUT2D eigenvalue weighted by atomic mass is 10.1. The number of hydrogen-bond acceptors (Lipinski definition) is 6. The van der Waals surface area contributed by atoms with Gasteiger partial charge >= 0.3 is 5.63 Å². The third kappa shape index (κ3) is 3.31. The third-order valence-electron chi connectivity index (χ3n) is 4.57. The Kier molecular flexibility index (Phi) is 4.64. The minimum Gasteiger partial charge on any atom is -0.493 e. The second-order valence-corrected chi connectivity index (χ2v) is 6.22. The quantitative estimate of drug-likeness (QED) is 0.685. The zero-order chi connectivity index (χ0) is 18.8. The van der Waals surface area contributed by atoms with Crippen molar-refractivity contribution in [2.24, 2.45) is 0 Å². The van der Waals surface area contributed by atoms with E-state index in [1.807, 2.05) is 4.68 Å². The molecule has 8 heteroatoms. The minimum absolute atomic E-state index is 0.0355. The van der Waals surface area contributed by atoms with Crippen molar-refractivity contribution in [1.82, 2.24) is 15.1 Å². The Hall–Kier alpha value is -3.13. The van der Waals surface area contributed by atoms with E-state index < -0.39 is 11.5 Å². The van der Waals surface area contributed by atoms with E-state index in [1.165, 1.54) is 13.2 Å². The third-order valence-corrected chi connectivity index (χ3v) is 4.57. The van der Waals surface area contributed by atoms with Crippen LogP contribution in [0.1, 0.15) is 21.6 Å². The van der Waals surface area contributed by atoms with Crippen LogP contribution in [0.4, 0.5) is 0 Å². The van der Waals surface area contributed by atoms with Gasteiger partial charge in [0.05, 0.1) is 33.1 Å². The molecule has 0 radical (unpaired) electrons. The zero-order valence-corrected chi connectivity index (χ0v) is 14.9. The molecule has 1 amide bonds. The number of methoxy groups -OCH3 is 1. The molecule has 4 rings (SSSR count). The molecule has 0 bridgehead atoms. The fourth-order valence-electron chi connectivity index (χ4n) is 3.21. The first-order valence-electron chi connectivity index (χ1n) is 8.67. The van der Waals surface area contributed by atoms with Gasteiger partial charge in [0.2, 0.25) is 0 Å². The van der Waals surface area contributed by atoms with Crippen LogP contribution in [0.25, 0.3) is 11.0 Å². The van der Waals surface area contributed by atoms with E-state index in [0.29, 0.717) is 43.0 Å². The Labute approximate surface area is 154 Å². The van der Waals surface area contributed by atoms with Gasteiger partial charge in [-0.05, 0) is 12.1 Å². The van der Waals surface area contributed by atoms with Crippen LogP contribution in [-0.4, -0.2) is 35.9 Å². The van der Waals surface area contributed by atoms with Crippen molar-refractivity contribution in [2.75, 3.05) is 20.3 Å². The number of nitrogens with zero attached hydrogens (tertiary/aromatic N) is 2. The summed E-state index contributed by atoms with van der Waals surface area (Å²) >= 11 is 0. The van der Waals surface area contributed by atoms with Gasteiger partial charge in [-0.15, -0.1) is 0 Å². The van der Waals surface area contributed by atoms with Gasteiger partial charge in [-0.2, -0.15) is 5.10 Å². The molecular formula is C19H19N3O5. The fraction of sp³-hybridized carbons (Fsp3) is 0.316. The van der Waals surface area contributed by atoms with Crippen molar-refractivity contribution >= 4 is 16.9 Å². The van der Waals surface area contributed by atoms with Crippen LogP contribution in [0.5, 0.6) is 5.75 Å². The maximum Gasteiger partial charge on any atom is 0.349 e. The van der Waals surface area contributed by atoms with Gasteiger partial charge < -0.3 is 19.2 Å². The van der Waals surface area contributed by atoms with E-state index in [-0.39, 0.29) is 5.56 Å². The number of ether oxygens (including phenoxy) is 2. The number of benzene rings is 1. The highest BCUT2D eigenvalue weighted by molar-refractivity contribution is 5.97. The molecule has 0 atom stereocenters. The topological polar surface area (TPSA) is 95.6 Å². The predicted octanol–water partition coefficient (Wildman–Crippen LogP) is 1.50. The molecule has 0 saturated carbocycles. The summed E-state index contributed by atoms with van der Waals surface area (Å²) in [6, 6.07) is 6.75. The number of fused-ring (bicyclic) bond motifs is 2. The van der Waals surface area contributed by atoms with E-state index in [4.69, 9.17) is 13.9 Å². The summed E-state index contributed by atoms with van der Waals surface area (Å²) in [6.07, 6.45) is 2.60. The van der Waals surface area contributed by atoms with Gasteiger partial charge in [-0.25, -0.2) is 4.79 Å². The molecular weight excluding hydrogens is 350 g/mol. The molecule has 1 aromatic carbocycles. The second-order valence-electron chi connectivity index (χ2n) is 6.22. The van der Waals surface area contributed by atoms with E-state index in [9.17, 15) is 9.59 Å². The molecule has 1 aliphatic heterocycles. The van der Waals surface area contributed by atoms with Crippen molar-refractivity contribution < 1.29 is 18.7 Å². The lowest BCUT2D eigenvalue weighted by Crippen LogP contribution is -2.31. The Morgan fingerprint density at radius 2 is 2.30 bits per heavy atom. The molecule has 0 saturated heterocycles.